The largest absolute Gasteiger partial charge is 0.508 e. The molecule has 0 heterocycles. The fraction of sp³-hybridized carbons (Fsp3) is 0.200. The van der Waals surface area contributed by atoms with E-state index in [1.165, 1.54) is 5.56 Å². The Kier molecular flexibility index (Phi) is 4.07. The molecule has 3 nitrogen and oxygen atoms in total. The molecule has 3 heteroatoms. The summed E-state index contributed by atoms with van der Waals surface area (Å²) in [5, 5.41) is 12.8. The Morgan fingerprint density at radius 2 is 2.11 bits per heavy atom. The second kappa shape index (κ2) is 5.96. The topological polar surface area (TPSA) is 41.5 Å². The number of benzene rings is 1. The molecule has 0 amide bonds. The molecule has 0 fully saturated rings. The summed E-state index contributed by atoms with van der Waals surface area (Å²) in [6.45, 7) is 0.727. The van der Waals surface area contributed by atoms with Gasteiger partial charge in [0, 0.05) is 18.3 Å². The summed E-state index contributed by atoms with van der Waals surface area (Å²) < 4.78 is 5.10. The average molecular weight is 243 g/mol. The normalized spacial score (nSPS) is 16.5. The summed E-state index contributed by atoms with van der Waals surface area (Å²) >= 11 is 0. The van der Waals surface area contributed by atoms with Crippen molar-refractivity contribution in [1.29, 1.82) is 0 Å². The molecular weight excluding hydrogens is 226 g/mol. The molecule has 0 saturated heterocycles. The highest BCUT2D eigenvalue weighted by molar-refractivity contribution is 5.34. The molecule has 0 bridgehead atoms. The average Bonchev–Trinajstić information content (AvgIpc) is 2.42. The number of rotatable bonds is 4. The van der Waals surface area contributed by atoms with Gasteiger partial charge in [0.15, 0.2) is 0 Å². The minimum Gasteiger partial charge on any atom is -0.508 e. The Labute approximate surface area is 107 Å². The highest BCUT2D eigenvalue weighted by Crippen LogP contribution is 2.16. The molecule has 0 spiro atoms. The lowest BCUT2D eigenvalue weighted by atomic mass is 10.1. The lowest BCUT2D eigenvalue weighted by molar-refractivity contribution is 0.414. The Morgan fingerprint density at radius 3 is 2.78 bits per heavy atom. The van der Waals surface area contributed by atoms with Gasteiger partial charge in [0.05, 0.1) is 7.11 Å². The van der Waals surface area contributed by atoms with Crippen LogP contribution in [0, 0.1) is 0 Å². The number of aliphatic hydroxyl groups excluding tert-OH is 1. The van der Waals surface area contributed by atoms with Crippen LogP contribution in [0.4, 0.5) is 0 Å². The molecule has 1 aromatic carbocycles. The minimum absolute atomic E-state index is 0.333. The summed E-state index contributed by atoms with van der Waals surface area (Å²) in [4.78, 5) is 0. The number of aliphatic hydroxyl groups is 1. The maximum atomic E-state index is 9.62. The van der Waals surface area contributed by atoms with Gasteiger partial charge in [-0.15, -0.1) is 0 Å². The van der Waals surface area contributed by atoms with E-state index in [1.807, 2.05) is 42.6 Å². The van der Waals surface area contributed by atoms with Crippen molar-refractivity contribution in [3.8, 4) is 5.75 Å². The highest BCUT2D eigenvalue weighted by Gasteiger charge is 2.03. The van der Waals surface area contributed by atoms with Crippen LogP contribution in [0.3, 0.4) is 0 Å². The lowest BCUT2D eigenvalue weighted by Gasteiger charge is -2.09. The number of nitrogens with one attached hydrogen (secondary N) is 1. The van der Waals surface area contributed by atoms with Crippen LogP contribution in [0.25, 0.3) is 0 Å². The number of hydrogen-bond acceptors (Lipinski definition) is 3. The van der Waals surface area contributed by atoms with E-state index in [0.717, 1.165) is 24.3 Å². The first-order valence-electron chi connectivity index (χ1n) is 5.91. The van der Waals surface area contributed by atoms with Crippen molar-refractivity contribution in [2.24, 2.45) is 0 Å². The third kappa shape index (κ3) is 3.17. The predicted molar refractivity (Wildman–Crippen MR) is 72.4 cm³/mol. The van der Waals surface area contributed by atoms with Gasteiger partial charge in [0.1, 0.15) is 11.5 Å². The van der Waals surface area contributed by atoms with Crippen LogP contribution < -0.4 is 10.1 Å². The fourth-order valence-electron chi connectivity index (χ4n) is 1.73. The van der Waals surface area contributed by atoms with Gasteiger partial charge in [0.2, 0.25) is 0 Å². The van der Waals surface area contributed by atoms with Crippen molar-refractivity contribution < 1.29 is 9.84 Å². The van der Waals surface area contributed by atoms with Gasteiger partial charge < -0.3 is 15.2 Å². The van der Waals surface area contributed by atoms with Crippen molar-refractivity contribution in [1.82, 2.24) is 5.32 Å². The molecule has 18 heavy (non-hydrogen) atoms. The van der Waals surface area contributed by atoms with E-state index in [4.69, 9.17) is 4.74 Å². The first-order chi connectivity index (χ1) is 8.79. The van der Waals surface area contributed by atoms with Gasteiger partial charge in [-0.2, -0.15) is 0 Å². The van der Waals surface area contributed by atoms with Crippen molar-refractivity contribution in [2.45, 2.75) is 13.0 Å². The molecule has 0 atom stereocenters. The molecule has 1 aliphatic carbocycles. The van der Waals surface area contributed by atoms with Crippen LogP contribution >= 0.6 is 0 Å². The molecule has 94 valence electrons. The van der Waals surface area contributed by atoms with E-state index in [1.54, 1.807) is 13.2 Å². The second-order valence-corrected chi connectivity index (χ2v) is 4.08. The van der Waals surface area contributed by atoms with Crippen LogP contribution in [-0.2, 0) is 6.54 Å². The van der Waals surface area contributed by atoms with Crippen LogP contribution in [0.5, 0.6) is 5.75 Å². The van der Waals surface area contributed by atoms with Gasteiger partial charge in [-0.1, -0.05) is 24.3 Å². The summed E-state index contributed by atoms with van der Waals surface area (Å²) in [5.74, 6) is 1.19. The zero-order valence-corrected chi connectivity index (χ0v) is 10.4. The SMILES string of the molecule is COc1ccc(CNC=C2CC=CC=C2O)cc1. The van der Waals surface area contributed by atoms with E-state index in [-0.39, 0.29) is 0 Å². The van der Waals surface area contributed by atoms with E-state index < -0.39 is 0 Å². The summed E-state index contributed by atoms with van der Waals surface area (Å²) in [7, 11) is 1.66. The molecule has 0 saturated carbocycles. The Bertz CT molecular complexity index is 484. The van der Waals surface area contributed by atoms with E-state index in [9.17, 15) is 5.11 Å². The smallest absolute Gasteiger partial charge is 0.120 e. The number of methoxy groups -OCH3 is 1. The molecule has 0 unspecified atom stereocenters. The Morgan fingerprint density at radius 1 is 1.33 bits per heavy atom. The minimum atomic E-state index is 0.333. The number of hydrogen-bond donors (Lipinski definition) is 2. The molecule has 1 aliphatic rings. The zero-order valence-electron chi connectivity index (χ0n) is 10.4. The number of allylic oxidation sites excluding steroid dienone is 4. The van der Waals surface area contributed by atoms with Gasteiger partial charge in [-0.05, 0) is 30.2 Å². The lowest BCUT2D eigenvalue weighted by Crippen LogP contribution is -2.07. The summed E-state index contributed by atoms with van der Waals surface area (Å²) in [6, 6.07) is 7.90. The van der Waals surface area contributed by atoms with E-state index in [2.05, 4.69) is 5.32 Å². The summed E-state index contributed by atoms with van der Waals surface area (Å²) in [6.07, 6.45) is 8.19. The van der Waals surface area contributed by atoms with Crippen LogP contribution in [-0.4, -0.2) is 12.2 Å². The van der Waals surface area contributed by atoms with Gasteiger partial charge >= 0.3 is 0 Å². The molecule has 1 aromatic rings. The zero-order chi connectivity index (χ0) is 12.8. The van der Waals surface area contributed by atoms with Crippen LogP contribution in [0.15, 0.2) is 60.0 Å². The number of ether oxygens (including phenoxy) is 1. The van der Waals surface area contributed by atoms with Crippen molar-refractivity contribution in [3.63, 3.8) is 0 Å². The molecule has 2 N–H and O–H groups in total. The third-order valence-electron chi connectivity index (χ3n) is 2.80. The van der Waals surface area contributed by atoms with E-state index >= 15 is 0 Å². The highest BCUT2D eigenvalue weighted by atomic mass is 16.5. The predicted octanol–water partition coefficient (Wildman–Crippen LogP) is 3.07. The molecule has 0 aromatic heterocycles. The van der Waals surface area contributed by atoms with Gasteiger partial charge in [0.25, 0.3) is 0 Å². The molecule has 2 rings (SSSR count). The van der Waals surface area contributed by atoms with Crippen molar-refractivity contribution >= 4 is 0 Å². The van der Waals surface area contributed by atoms with E-state index in [0.29, 0.717) is 5.76 Å². The summed E-state index contributed by atoms with van der Waals surface area (Å²) in [5.41, 5.74) is 2.08. The molecule has 0 radical (unpaired) electrons. The molecular formula is C15H17NO2. The monoisotopic (exact) mass is 243 g/mol. The van der Waals surface area contributed by atoms with Crippen LogP contribution in [0.1, 0.15) is 12.0 Å². The Hall–Kier alpha value is -2.16. The Balaban J connectivity index is 1.90. The standard InChI is InChI=1S/C15H17NO2/c1-18-14-8-6-12(7-9-14)10-16-11-13-4-2-3-5-15(13)17/h2-3,5-9,11,16-17H,4,10H2,1H3. The maximum absolute atomic E-state index is 9.62. The van der Waals surface area contributed by atoms with Gasteiger partial charge in [-0.25, -0.2) is 0 Å². The fourth-order valence-corrected chi connectivity index (χ4v) is 1.73. The first kappa shape index (κ1) is 12.3. The second-order valence-electron chi connectivity index (χ2n) is 4.08. The molecule has 0 aliphatic heterocycles. The van der Waals surface area contributed by atoms with Crippen molar-refractivity contribution in [2.75, 3.05) is 7.11 Å². The van der Waals surface area contributed by atoms with Crippen molar-refractivity contribution in [3.05, 3.63) is 65.6 Å². The first-order valence-corrected chi connectivity index (χ1v) is 5.91. The third-order valence-corrected chi connectivity index (χ3v) is 2.80. The quantitative estimate of drug-likeness (QED) is 0.854. The van der Waals surface area contributed by atoms with Crippen LogP contribution in [0.2, 0.25) is 0 Å². The van der Waals surface area contributed by atoms with Gasteiger partial charge in [-0.3, -0.25) is 0 Å². The maximum Gasteiger partial charge on any atom is 0.120 e.